The molecule has 0 unspecified atom stereocenters. The van der Waals surface area contributed by atoms with Gasteiger partial charge in [-0.25, -0.2) is 9.59 Å². The first-order valence-corrected chi connectivity index (χ1v) is 5.32. The van der Waals surface area contributed by atoms with Crippen LogP contribution in [0, 0.1) is 6.92 Å². The lowest BCUT2D eigenvalue weighted by Gasteiger charge is -2.19. The second-order valence-corrected chi connectivity index (χ2v) is 3.62. The zero-order chi connectivity index (χ0) is 13.5. The van der Waals surface area contributed by atoms with Crippen LogP contribution in [-0.4, -0.2) is 26.4 Å². The topological polar surface area (TPSA) is 76.7 Å². The first kappa shape index (κ1) is 13.8. The summed E-state index contributed by atoms with van der Waals surface area (Å²) in [5.41, 5.74) is 1.74. The number of methoxy groups -OCH3 is 2. The number of carbonyl (C=O) groups excluding carboxylic acids is 2. The van der Waals surface area contributed by atoms with E-state index in [0.717, 1.165) is 11.1 Å². The summed E-state index contributed by atoms with van der Waals surface area (Å²) >= 11 is 0. The molecule has 1 aromatic carbocycles. The summed E-state index contributed by atoms with van der Waals surface area (Å²) in [5.74, 6) is 0. The summed E-state index contributed by atoms with van der Waals surface area (Å²) < 4.78 is 9.01. The Labute approximate surface area is 105 Å². The molecule has 2 amide bonds. The number of benzene rings is 1. The van der Waals surface area contributed by atoms with Crippen molar-refractivity contribution in [1.82, 2.24) is 10.6 Å². The third kappa shape index (κ3) is 3.97. The highest BCUT2D eigenvalue weighted by Gasteiger charge is 2.17. The molecule has 2 N–H and O–H groups in total. The summed E-state index contributed by atoms with van der Waals surface area (Å²) in [5, 5.41) is 5.00. The summed E-state index contributed by atoms with van der Waals surface area (Å²) in [6.07, 6.45) is -1.99. The highest BCUT2D eigenvalue weighted by molar-refractivity contribution is 5.71. The summed E-state index contributed by atoms with van der Waals surface area (Å²) in [4.78, 5) is 22.4. The molecular weight excluding hydrogens is 236 g/mol. The lowest BCUT2D eigenvalue weighted by Crippen LogP contribution is -2.41. The minimum Gasteiger partial charge on any atom is -0.453 e. The largest absolute Gasteiger partial charge is 0.453 e. The minimum absolute atomic E-state index is 0.641. The number of hydrogen-bond acceptors (Lipinski definition) is 4. The molecule has 1 rings (SSSR count). The van der Waals surface area contributed by atoms with Crippen LogP contribution in [0.4, 0.5) is 9.59 Å². The van der Waals surface area contributed by atoms with E-state index in [2.05, 4.69) is 20.1 Å². The van der Waals surface area contributed by atoms with Gasteiger partial charge < -0.3 is 9.47 Å². The van der Waals surface area contributed by atoms with Gasteiger partial charge in [-0.2, -0.15) is 0 Å². The van der Waals surface area contributed by atoms with Gasteiger partial charge >= 0.3 is 12.2 Å². The van der Waals surface area contributed by atoms with Crippen LogP contribution in [0.5, 0.6) is 0 Å². The maximum Gasteiger partial charge on any atom is 0.408 e. The number of ether oxygens (including phenoxy) is 2. The molecule has 0 aliphatic heterocycles. The van der Waals surface area contributed by atoms with E-state index in [9.17, 15) is 9.59 Å². The van der Waals surface area contributed by atoms with Gasteiger partial charge in [0.15, 0.2) is 0 Å². The fourth-order valence-electron chi connectivity index (χ4n) is 1.41. The number of hydrogen-bond donors (Lipinski definition) is 2. The van der Waals surface area contributed by atoms with Crippen molar-refractivity contribution in [2.24, 2.45) is 0 Å². The summed E-state index contributed by atoms with van der Waals surface area (Å²) in [6, 6.07) is 7.37. The van der Waals surface area contributed by atoms with Gasteiger partial charge in [0.25, 0.3) is 0 Å². The quantitative estimate of drug-likeness (QED) is 0.803. The smallest absolute Gasteiger partial charge is 0.408 e. The highest BCUT2D eigenvalue weighted by atomic mass is 16.5. The molecule has 6 heteroatoms. The van der Waals surface area contributed by atoms with Crippen LogP contribution in [0.2, 0.25) is 0 Å². The molecule has 0 bridgehead atoms. The van der Waals surface area contributed by atoms with E-state index in [-0.39, 0.29) is 0 Å². The van der Waals surface area contributed by atoms with Gasteiger partial charge in [-0.05, 0) is 12.5 Å². The Hall–Kier alpha value is -2.24. The van der Waals surface area contributed by atoms with Crippen LogP contribution in [-0.2, 0) is 9.47 Å². The number of aryl methyl sites for hydroxylation is 1. The first-order valence-electron chi connectivity index (χ1n) is 5.32. The van der Waals surface area contributed by atoms with Crippen LogP contribution in [0.1, 0.15) is 17.3 Å². The van der Waals surface area contributed by atoms with Crippen LogP contribution < -0.4 is 10.6 Å². The van der Waals surface area contributed by atoms with Crippen LogP contribution >= 0.6 is 0 Å². The molecule has 0 aromatic heterocycles. The van der Waals surface area contributed by atoms with E-state index in [1.54, 1.807) is 6.07 Å². The number of amides is 2. The van der Waals surface area contributed by atoms with Crippen molar-refractivity contribution in [3.05, 3.63) is 35.4 Å². The molecule has 6 nitrogen and oxygen atoms in total. The monoisotopic (exact) mass is 252 g/mol. The van der Waals surface area contributed by atoms with Gasteiger partial charge in [-0.3, -0.25) is 10.6 Å². The van der Waals surface area contributed by atoms with Gasteiger partial charge in [0.1, 0.15) is 6.17 Å². The highest BCUT2D eigenvalue weighted by Crippen LogP contribution is 2.12. The normalized spacial score (nSPS) is 9.78. The fraction of sp³-hybridized carbons (Fsp3) is 0.333. The standard InChI is InChI=1S/C12H16N2O4/c1-8-5-4-6-9(7-8)10(13-11(15)17-2)14-12(16)18-3/h4-7,10H,1-3H3,(H,13,15)(H,14,16). The van der Waals surface area contributed by atoms with E-state index in [0.29, 0.717) is 0 Å². The Bertz CT molecular complexity index is 416. The lowest BCUT2D eigenvalue weighted by atomic mass is 10.1. The van der Waals surface area contributed by atoms with E-state index in [4.69, 9.17) is 0 Å². The average Bonchev–Trinajstić information content (AvgIpc) is 2.37. The third-order valence-corrected chi connectivity index (χ3v) is 2.27. The van der Waals surface area contributed by atoms with Gasteiger partial charge in [0.2, 0.25) is 0 Å². The van der Waals surface area contributed by atoms with Crippen LogP contribution in [0.25, 0.3) is 0 Å². The van der Waals surface area contributed by atoms with Crippen molar-refractivity contribution in [1.29, 1.82) is 0 Å². The molecule has 98 valence electrons. The Balaban J connectivity index is 2.88. The van der Waals surface area contributed by atoms with Crippen molar-refractivity contribution < 1.29 is 19.1 Å². The molecule has 18 heavy (non-hydrogen) atoms. The predicted molar refractivity (Wildman–Crippen MR) is 65.0 cm³/mol. The van der Waals surface area contributed by atoms with Crippen molar-refractivity contribution in [2.45, 2.75) is 13.1 Å². The Morgan fingerprint density at radius 2 is 1.67 bits per heavy atom. The molecule has 0 aliphatic rings. The number of nitrogens with one attached hydrogen (secondary N) is 2. The number of alkyl carbamates (subject to hydrolysis) is 2. The van der Waals surface area contributed by atoms with E-state index >= 15 is 0 Å². The van der Waals surface area contributed by atoms with Crippen molar-refractivity contribution in [3.8, 4) is 0 Å². The molecule has 0 radical (unpaired) electrons. The fourth-order valence-corrected chi connectivity index (χ4v) is 1.41. The summed E-state index contributed by atoms with van der Waals surface area (Å²) in [6.45, 7) is 1.91. The second kappa shape index (κ2) is 6.48. The maximum absolute atomic E-state index is 11.2. The van der Waals surface area contributed by atoms with Crippen molar-refractivity contribution >= 4 is 12.2 Å². The zero-order valence-electron chi connectivity index (χ0n) is 10.5. The Morgan fingerprint density at radius 3 is 2.11 bits per heavy atom. The van der Waals surface area contributed by atoms with Gasteiger partial charge in [-0.1, -0.05) is 29.8 Å². The average molecular weight is 252 g/mol. The lowest BCUT2D eigenvalue weighted by molar-refractivity contribution is 0.153. The third-order valence-electron chi connectivity index (χ3n) is 2.27. The molecule has 0 saturated carbocycles. The Kier molecular flexibility index (Phi) is 4.98. The second-order valence-electron chi connectivity index (χ2n) is 3.62. The van der Waals surface area contributed by atoms with Gasteiger partial charge in [0.05, 0.1) is 14.2 Å². The SMILES string of the molecule is COC(=O)NC(NC(=O)OC)c1cccc(C)c1. The maximum atomic E-state index is 11.2. The molecule has 0 heterocycles. The van der Waals surface area contributed by atoms with Gasteiger partial charge in [-0.15, -0.1) is 0 Å². The van der Waals surface area contributed by atoms with Gasteiger partial charge in [0, 0.05) is 0 Å². The van der Waals surface area contributed by atoms with Crippen molar-refractivity contribution in [3.63, 3.8) is 0 Å². The zero-order valence-corrected chi connectivity index (χ0v) is 10.5. The first-order chi connectivity index (χ1) is 8.56. The van der Waals surface area contributed by atoms with E-state index in [1.165, 1.54) is 14.2 Å². The molecule has 0 saturated heterocycles. The molecule has 1 aromatic rings. The van der Waals surface area contributed by atoms with E-state index in [1.807, 2.05) is 25.1 Å². The van der Waals surface area contributed by atoms with Crippen molar-refractivity contribution in [2.75, 3.05) is 14.2 Å². The predicted octanol–water partition coefficient (Wildman–Crippen LogP) is 1.71. The molecule has 0 aliphatic carbocycles. The number of carbonyl (C=O) groups is 2. The molecule has 0 fully saturated rings. The summed E-state index contributed by atoms with van der Waals surface area (Å²) in [7, 11) is 2.50. The molecular formula is C12H16N2O4. The van der Waals surface area contributed by atoms with Crippen LogP contribution in [0.3, 0.4) is 0 Å². The number of rotatable bonds is 3. The Morgan fingerprint density at radius 1 is 1.11 bits per heavy atom. The van der Waals surface area contributed by atoms with Crippen LogP contribution in [0.15, 0.2) is 24.3 Å². The minimum atomic E-state index is -0.704. The molecule has 0 atom stereocenters. The molecule has 0 spiro atoms. The van der Waals surface area contributed by atoms with E-state index < -0.39 is 18.4 Å².